The lowest BCUT2D eigenvalue weighted by atomic mass is 10.3. The highest BCUT2D eigenvalue weighted by Crippen LogP contribution is 2.32. The number of ether oxygens (including phenoxy) is 2. The van der Waals surface area contributed by atoms with E-state index in [1.807, 2.05) is 12.1 Å². The topological polar surface area (TPSA) is 111 Å². The van der Waals surface area contributed by atoms with Gasteiger partial charge in [-0.1, -0.05) is 0 Å². The number of furan rings is 1. The number of rotatable bonds is 5. The van der Waals surface area contributed by atoms with Crippen molar-refractivity contribution < 1.29 is 18.7 Å². The normalized spacial score (nSPS) is 13.8. The van der Waals surface area contributed by atoms with Gasteiger partial charge in [0.25, 0.3) is 0 Å². The maximum atomic E-state index is 11.7. The Balaban J connectivity index is 1.51. The van der Waals surface area contributed by atoms with Gasteiger partial charge < -0.3 is 30.3 Å². The second-order valence-corrected chi connectivity index (χ2v) is 5.39. The summed E-state index contributed by atoms with van der Waals surface area (Å²) in [6, 6.07) is 8.96. The summed E-state index contributed by atoms with van der Waals surface area (Å²) in [5.41, 5.74) is 6.53. The van der Waals surface area contributed by atoms with Gasteiger partial charge in [-0.05, 0) is 24.3 Å². The van der Waals surface area contributed by atoms with Crippen molar-refractivity contribution in [3.8, 4) is 11.5 Å². The summed E-state index contributed by atoms with van der Waals surface area (Å²) < 4.78 is 16.3. The third-order valence-electron chi connectivity index (χ3n) is 3.45. The molecule has 0 bridgehead atoms. The van der Waals surface area contributed by atoms with Crippen LogP contribution in [0.5, 0.6) is 11.5 Å². The Labute approximate surface area is 145 Å². The Morgan fingerprint density at radius 1 is 1.20 bits per heavy atom. The van der Waals surface area contributed by atoms with E-state index in [4.69, 9.17) is 19.6 Å². The first-order chi connectivity index (χ1) is 12.2. The first kappa shape index (κ1) is 16.7. The maximum Gasteiger partial charge on any atom is 0.242 e. The molecule has 4 N–H and O–H groups in total. The highest BCUT2D eigenvalue weighted by Gasteiger charge is 2.11. The minimum atomic E-state index is -0.250. The number of hydrogen-bond donors (Lipinski definition) is 3. The Kier molecular flexibility index (Phi) is 5.40. The molecule has 0 aliphatic carbocycles. The van der Waals surface area contributed by atoms with Gasteiger partial charge in [0.1, 0.15) is 12.3 Å². The fraction of sp³-hybridized carbons (Fsp3) is 0.294. The molecule has 8 nitrogen and oxygen atoms in total. The number of nitrogens with one attached hydrogen (secondary N) is 2. The molecule has 0 unspecified atom stereocenters. The lowest BCUT2D eigenvalue weighted by Crippen LogP contribution is -2.28. The number of amides is 1. The first-order valence-corrected chi connectivity index (χ1v) is 7.96. The quantitative estimate of drug-likeness (QED) is 0.560. The first-order valence-electron chi connectivity index (χ1n) is 7.96. The molecule has 1 aromatic carbocycles. The molecule has 3 rings (SSSR count). The van der Waals surface area contributed by atoms with E-state index in [9.17, 15) is 4.79 Å². The SMILES string of the molecule is NC(=NCC(=O)NCc1ccco1)Nc1ccc2c(c1)OCCCO2. The van der Waals surface area contributed by atoms with Crippen LogP contribution in [0.25, 0.3) is 0 Å². The van der Waals surface area contributed by atoms with E-state index in [0.717, 1.165) is 6.42 Å². The molecule has 2 heterocycles. The van der Waals surface area contributed by atoms with Crippen molar-refractivity contribution >= 4 is 17.6 Å². The van der Waals surface area contributed by atoms with Crippen LogP contribution in [0.2, 0.25) is 0 Å². The van der Waals surface area contributed by atoms with Crippen LogP contribution in [0.4, 0.5) is 5.69 Å². The van der Waals surface area contributed by atoms with Crippen molar-refractivity contribution in [1.29, 1.82) is 0 Å². The van der Waals surface area contributed by atoms with Crippen LogP contribution in [0.1, 0.15) is 12.2 Å². The zero-order valence-electron chi connectivity index (χ0n) is 13.7. The molecule has 132 valence electrons. The van der Waals surface area contributed by atoms with E-state index in [1.54, 1.807) is 24.5 Å². The summed E-state index contributed by atoms with van der Waals surface area (Å²) in [6.07, 6.45) is 2.39. The van der Waals surface area contributed by atoms with E-state index in [1.165, 1.54) is 0 Å². The number of nitrogens with two attached hydrogens (primary N) is 1. The van der Waals surface area contributed by atoms with Crippen molar-refractivity contribution in [3.05, 3.63) is 42.4 Å². The van der Waals surface area contributed by atoms with Gasteiger partial charge in [0.05, 0.1) is 26.0 Å². The van der Waals surface area contributed by atoms with Crippen LogP contribution >= 0.6 is 0 Å². The van der Waals surface area contributed by atoms with Crippen LogP contribution in [-0.4, -0.2) is 31.6 Å². The lowest BCUT2D eigenvalue weighted by molar-refractivity contribution is -0.119. The van der Waals surface area contributed by atoms with E-state index in [-0.39, 0.29) is 18.4 Å². The molecule has 25 heavy (non-hydrogen) atoms. The molecule has 0 spiro atoms. The monoisotopic (exact) mass is 344 g/mol. The molecule has 2 aromatic rings. The number of fused-ring (bicyclic) bond motifs is 1. The van der Waals surface area contributed by atoms with Gasteiger partial charge in [0, 0.05) is 18.2 Å². The zero-order chi connectivity index (χ0) is 17.5. The summed E-state index contributed by atoms with van der Waals surface area (Å²) >= 11 is 0. The Hall–Kier alpha value is -3.16. The summed E-state index contributed by atoms with van der Waals surface area (Å²) in [5, 5.41) is 5.62. The maximum absolute atomic E-state index is 11.7. The van der Waals surface area contributed by atoms with Crippen LogP contribution in [-0.2, 0) is 11.3 Å². The smallest absolute Gasteiger partial charge is 0.242 e. The second kappa shape index (κ2) is 8.09. The predicted octanol–water partition coefficient (Wildman–Crippen LogP) is 1.48. The summed E-state index contributed by atoms with van der Waals surface area (Å²) in [6.45, 7) is 1.48. The van der Waals surface area contributed by atoms with Crippen LogP contribution in [0.3, 0.4) is 0 Å². The van der Waals surface area contributed by atoms with Crippen LogP contribution < -0.4 is 25.8 Å². The molecule has 1 aliphatic rings. The Morgan fingerprint density at radius 2 is 2.04 bits per heavy atom. The second-order valence-electron chi connectivity index (χ2n) is 5.39. The van der Waals surface area contributed by atoms with Crippen molar-refractivity contribution in [1.82, 2.24) is 5.32 Å². The highest BCUT2D eigenvalue weighted by atomic mass is 16.5. The standard InChI is InChI=1S/C17H20N4O4/c18-17(20-11-16(22)19-10-13-3-1-6-23-13)21-12-4-5-14-15(9-12)25-8-2-7-24-14/h1,3-6,9H,2,7-8,10-11H2,(H,19,22)(H3,18,20,21). The number of nitrogens with zero attached hydrogens (tertiary/aromatic N) is 1. The van der Waals surface area contributed by atoms with E-state index >= 15 is 0 Å². The largest absolute Gasteiger partial charge is 0.490 e. The van der Waals surface area contributed by atoms with Crippen molar-refractivity contribution in [2.75, 3.05) is 25.1 Å². The van der Waals surface area contributed by atoms with Crippen molar-refractivity contribution in [3.63, 3.8) is 0 Å². The fourth-order valence-electron chi connectivity index (χ4n) is 2.24. The van der Waals surface area contributed by atoms with Gasteiger partial charge in [0.15, 0.2) is 17.5 Å². The van der Waals surface area contributed by atoms with Crippen molar-refractivity contribution in [2.45, 2.75) is 13.0 Å². The van der Waals surface area contributed by atoms with Crippen LogP contribution in [0.15, 0.2) is 46.0 Å². The molecule has 0 radical (unpaired) electrons. The number of anilines is 1. The summed E-state index contributed by atoms with van der Waals surface area (Å²) in [7, 11) is 0. The van der Waals surface area contributed by atoms with Gasteiger partial charge in [-0.25, -0.2) is 4.99 Å². The molecular weight excluding hydrogens is 324 g/mol. The minimum Gasteiger partial charge on any atom is -0.490 e. The molecule has 1 amide bonds. The average molecular weight is 344 g/mol. The number of aliphatic imine (C=N–C) groups is 1. The molecule has 1 aliphatic heterocycles. The average Bonchev–Trinajstić information content (AvgIpc) is 3.02. The van der Waals surface area contributed by atoms with E-state index in [0.29, 0.717) is 42.7 Å². The fourth-order valence-corrected chi connectivity index (χ4v) is 2.24. The molecular formula is C17H20N4O4. The zero-order valence-corrected chi connectivity index (χ0v) is 13.7. The minimum absolute atomic E-state index is 0.0793. The number of carbonyl (C=O) groups is 1. The van der Waals surface area contributed by atoms with E-state index in [2.05, 4.69) is 15.6 Å². The van der Waals surface area contributed by atoms with Gasteiger partial charge in [-0.3, -0.25) is 4.79 Å². The number of benzene rings is 1. The van der Waals surface area contributed by atoms with Crippen molar-refractivity contribution in [2.24, 2.45) is 10.7 Å². The Bertz CT molecular complexity index is 743. The third-order valence-corrected chi connectivity index (χ3v) is 3.45. The van der Waals surface area contributed by atoms with Gasteiger partial charge in [-0.15, -0.1) is 0 Å². The Morgan fingerprint density at radius 3 is 2.84 bits per heavy atom. The summed E-state index contributed by atoms with van der Waals surface area (Å²) in [4.78, 5) is 15.8. The van der Waals surface area contributed by atoms with Gasteiger partial charge in [-0.2, -0.15) is 0 Å². The lowest BCUT2D eigenvalue weighted by Gasteiger charge is -2.10. The molecule has 0 fully saturated rings. The van der Waals surface area contributed by atoms with Crippen LogP contribution in [0, 0.1) is 0 Å². The van der Waals surface area contributed by atoms with Gasteiger partial charge >= 0.3 is 0 Å². The predicted molar refractivity (Wildman–Crippen MR) is 92.7 cm³/mol. The number of hydrogen-bond acceptors (Lipinski definition) is 5. The molecule has 0 saturated carbocycles. The van der Waals surface area contributed by atoms with Gasteiger partial charge in [0.2, 0.25) is 5.91 Å². The molecule has 1 aromatic heterocycles. The highest BCUT2D eigenvalue weighted by molar-refractivity contribution is 5.94. The summed E-state index contributed by atoms with van der Waals surface area (Å²) in [5.74, 6) is 1.93. The number of guanidine groups is 1. The molecule has 0 atom stereocenters. The van der Waals surface area contributed by atoms with E-state index < -0.39 is 0 Å². The third kappa shape index (κ3) is 4.90. The molecule has 0 saturated heterocycles. The molecule has 8 heteroatoms. The number of carbonyl (C=O) groups excluding carboxylic acids is 1.